The second kappa shape index (κ2) is 5.46. The van der Waals surface area contributed by atoms with Crippen LogP contribution in [0.25, 0.3) is 0 Å². The van der Waals surface area contributed by atoms with Gasteiger partial charge in [0.2, 0.25) is 0 Å². The lowest BCUT2D eigenvalue weighted by Crippen LogP contribution is -2.18. The highest BCUT2D eigenvalue weighted by Gasteiger charge is 2.08. The Labute approximate surface area is 101 Å². The Morgan fingerprint density at radius 1 is 1.18 bits per heavy atom. The van der Waals surface area contributed by atoms with E-state index in [1.807, 2.05) is 37.3 Å². The molecule has 0 spiro atoms. The molecule has 2 aromatic rings. The number of phenols is 1. The largest absolute Gasteiger partial charge is 0.508 e. The maximum absolute atomic E-state index is 9.73. The molecule has 3 heteroatoms. The van der Waals surface area contributed by atoms with Crippen molar-refractivity contribution in [3.8, 4) is 5.75 Å². The van der Waals surface area contributed by atoms with Crippen LogP contribution in [0.4, 0.5) is 0 Å². The molecule has 88 valence electrons. The molecule has 17 heavy (non-hydrogen) atoms. The molecule has 0 radical (unpaired) electrons. The maximum Gasteiger partial charge on any atom is 0.120 e. The van der Waals surface area contributed by atoms with Crippen LogP contribution >= 0.6 is 0 Å². The zero-order chi connectivity index (χ0) is 12.1. The highest BCUT2D eigenvalue weighted by atomic mass is 16.3. The molecule has 0 bridgehead atoms. The summed E-state index contributed by atoms with van der Waals surface area (Å²) in [7, 11) is 0. The fourth-order valence-electron chi connectivity index (χ4n) is 1.74. The molecule has 0 aliphatic heterocycles. The van der Waals surface area contributed by atoms with Crippen molar-refractivity contribution in [2.45, 2.75) is 19.5 Å². The van der Waals surface area contributed by atoms with Crippen LogP contribution in [0.1, 0.15) is 24.1 Å². The Bertz CT molecular complexity index is 471. The van der Waals surface area contributed by atoms with Crippen LogP contribution in [-0.2, 0) is 6.54 Å². The van der Waals surface area contributed by atoms with Crippen LogP contribution < -0.4 is 5.32 Å². The molecule has 1 aromatic carbocycles. The molecule has 1 aromatic heterocycles. The topological polar surface area (TPSA) is 45.2 Å². The van der Waals surface area contributed by atoms with E-state index in [0.717, 1.165) is 12.1 Å². The number of hydrogen-bond donors (Lipinski definition) is 2. The smallest absolute Gasteiger partial charge is 0.120 e. The summed E-state index contributed by atoms with van der Waals surface area (Å²) in [5.74, 6) is 0.335. The van der Waals surface area contributed by atoms with E-state index in [1.165, 1.54) is 5.56 Å². The third-order valence-electron chi connectivity index (χ3n) is 2.76. The summed E-state index contributed by atoms with van der Waals surface area (Å²) < 4.78 is 0. The molecule has 1 unspecified atom stereocenters. The molecule has 0 saturated carbocycles. The zero-order valence-corrected chi connectivity index (χ0v) is 9.80. The number of nitrogens with one attached hydrogen (secondary N) is 1. The Balaban J connectivity index is 1.99. The van der Waals surface area contributed by atoms with E-state index in [4.69, 9.17) is 0 Å². The molecule has 2 rings (SSSR count). The SMILES string of the molecule is CC(NCc1ccncc1)c1ccccc1O. The second-order valence-electron chi connectivity index (χ2n) is 4.02. The Hall–Kier alpha value is -1.87. The monoisotopic (exact) mass is 228 g/mol. The van der Waals surface area contributed by atoms with Crippen LogP contribution in [0.2, 0.25) is 0 Å². The maximum atomic E-state index is 9.73. The van der Waals surface area contributed by atoms with Crippen molar-refractivity contribution < 1.29 is 5.11 Å². The van der Waals surface area contributed by atoms with Gasteiger partial charge in [0.05, 0.1) is 0 Å². The number of hydrogen-bond acceptors (Lipinski definition) is 3. The lowest BCUT2D eigenvalue weighted by Gasteiger charge is -2.15. The van der Waals surface area contributed by atoms with Crippen molar-refractivity contribution in [3.63, 3.8) is 0 Å². The summed E-state index contributed by atoms with van der Waals surface area (Å²) in [6.07, 6.45) is 3.56. The molecule has 1 atom stereocenters. The Morgan fingerprint density at radius 3 is 2.59 bits per heavy atom. The predicted octanol–water partition coefficient (Wildman–Crippen LogP) is 2.64. The first kappa shape index (κ1) is 11.6. The zero-order valence-electron chi connectivity index (χ0n) is 9.80. The highest BCUT2D eigenvalue weighted by molar-refractivity contribution is 5.34. The standard InChI is InChI=1S/C14H16N2O/c1-11(13-4-2-3-5-14(13)17)16-10-12-6-8-15-9-7-12/h2-9,11,16-17H,10H2,1H3. The molecule has 2 N–H and O–H groups in total. The van der Waals surface area contributed by atoms with Crippen LogP contribution in [0.5, 0.6) is 5.75 Å². The van der Waals surface area contributed by atoms with Crippen LogP contribution in [0, 0.1) is 0 Å². The average Bonchev–Trinajstić information content (AvgIpc) is 2.38. The second-order valence-corrected chi connectivity index (χ2v) is 4.02. The van der Waals surface area contributed by atoms with Gasteiger partial charge >= 0.3 is 0 Å². The van der Waals surface area contributed by atoms with E-state index in [2.05, 4.69) is 10.3 Å². The number of rotatable bonds is 4. The summed E-state index contributed by atoms with van der Waals surface area (Å²) in [6, 6.07) is 11.5. The average molecular weight is 228 g/mol. The molecular weight excluding hydrogens is 212 g/mol. The lowest BCUT2D eigenvalue weighted by molar-refractivity contribution is 0.452. The number of aromatic hydroxyl groups is 1. The molecular formula is C14H16N2O. The minimum atomic E-state index is 0.115. The van der Waals surface area contributed by atoms with E-state index >= 15 is 0 Å². The summed E-state index contributed by atoms with van der Waals surface area (Å²) >= 11 is 0. The van der Waals surface area contributed by atoms with Crippen molar-refractivity contribution >= 4 is 0 Å². The van der Waals surface area contributed by atoms with E-state index in [1.54, 1.807) is 18.5 Å². The van der Waals surface area contributed by atoms with E-state index in [-0.39, 0.29) is 6.04 Å². The fourth-order valence-corrected chi connectivity index (χ4v) is 1.74. The predicted molar refractivity (Wildman–Crippen MR) is 67.6 cm³/mol. The third kappa shape index (κ3) is 3.04. The van der Waals surface area contributed by atoms with Crippen LogP contribution in [0.3, 0.4) is 0 Å². The molecule has 1 heterocycles. The van der Waals surface area contributed by atoms with Crippen LogP contribution in [0.15, 0.2) is 48.8 Å². The number of nitrogens with zero attached hydrogens (tertiary/aromatic N) is 1. The van der Waals surface area contributed by atoms with Crippen molar-refractivity contribution in [2.75, 3.05) is 0 Å². The lowest BCUT2D eigenvalue weighted by atomic mass is 10.1. The fraction of sp³-hybridized carbons (Fsp3) is 0.214. The van der Waals surface area contributed by atoms with Gasteiger partial charge in [-0.05, 0) is 30.7 Å². The molecule has 0 aliphatic rings. The normalized spacial score (nSPS) is 12.3. The number of phenolic OH excluding ortho intramolecular Hbond substituents is 1. The molecule has 0 aliphatic carbocycles. The van der Waals surface area contributed by atoms with Gasteiger partial charge < -0.3 is 10.4 Å². The van der Waals surface area contributed by atoms with Crippen molar-refractivity contribution in [1.29, 1.82) is 0 Å². The van der Waals surface area contributed by atoms with Gasteiger partial charge in [0.1, 0.15) is 5.75 Å². The van der Waals surface area contributed by atoms with Gasteiger partial charge in [0, 0.05) is 30.5 Å². The van der Waals surface area contributed by atoms with Gasteiger partial charge in [-0.3, -0.25) is 4.98 Å². The number of para-hydroxylation sites is 1. The van der Waals surface area contributed by atoms with Gasteiger partial charge in [-0.2, -0.15) is 0 Å². The van der Waals surface area contributed by atoms with Gasteiger partial charge in [0.25, 0.3) is 0 Å². The van der Waals surface area contributed by atoms with Crippen molar-refractivity contribution in [2.24, 2.45) is 0 Å². The molecule has 0 fully saturated rings. The minimum absolute atomic E-state index is 0.115. The summed E-state index contributed by atoms with van der Waals surface area (Å²) in [5, 5.41) is 13.1. The van der Waals surface area contributed by atoms with Crippen LogP contribution in [-0.4, -0.2) is 10.1 Å². The summed E-state index contributed by atoms with van der Waals surface area (Å²) in [4.78, 5) is 3.98. The van der Waals surface area contributed by atoms with Crippen molar-refractivity contribution in [3.05, 3.63) is 59.9 Å². The minimum Gasteiger partial charge on any atom is -0.508 e. The van der Waals surface area contributed by atoms with E-state index in [0.29, 0.717) is 5.75 Å². The quantitative estimate of drug-likeness (QED) is 0.845. The Morgan fingerprint density at radius 2 is 1.88 bits per heavy atom. The summed E-state index contributed by atoms with van der Waals surface area (Å²) in [6.45, 7) is 2.80. The molecule has 0 saturated heterocycles. The molecule has 3 nitrogen and oxygen atoms in total. The van der Waals surface area contributed by atoms with Gasteiger partial charge in [-0.25, -0.2) is 0 Å². The van der Waals surface area contributed by atoms with Gasteiger partial charge in [-0.1, -0.05) is 18.2 Å². The van der Waals surface area contributed by atoms with Gasteiger partial charge in [0.15, 0.2) is 0 Å². The number of pyridine rings is 1. The first-order chi connectivity index (χ1) is 8.27. The van der Waals surface area contributed by atoms with E-state index < -0.39 is 0 Å². The van der Waals surface area contributed by atoms with Crippen molar-refractivity contribution in [1.82, 2.24) is 10.3 Å². The molecule has 0 amide bonds. The Kier molecular flexibility index (Phi) is 3.73. The summed E-state index contributed by atoms with van der Waals surface area (Å²) in [5.41, 5.74) is 2.10. The first-order valence-electron chi connectivity index (χ1n) is 5.67. The third-order valence-corrected chi connectivity index (χ3v) is 2.76. The van der Waals surface area contributed by atoms with E-state index in [9.17, 15) is 5.11 Å². The highest BCUT2D eigenvalue weighted by Crippen LogP contribution is 2.23. The van der Waals surface area contributed by atoms with Gasteiger partial charge in [-0.15, -0.1) is 0 Å². The number of aromatic nitrogens is 1. The number of benzene rings is 1. The first-order valence-corrected chi connectivity index (χ1v) is 5.67.